The molecule has 2 heteroatoms. The third-order valence-corrected chi connectivity index (χ3v) is 5.61. The molecule has 2 aromatic carbocycles. The fourth-order valence-electron chi connectivity index (χ4n) is 2.59. The number of hydrogen-bond acceptors (Lipinski definition) is 0. The second-order valence-electron chi connectivity index (χ2n) is 8.55. The van der Waals surface area contributed by atoms with E-state index >= 15 is 0 Å². The van der Waals surface area contributed by atoms with Gasteiger partial charge in [-0.25, -0.2) is 0 Å². The van der Waals surface area contributed by atoms with Crippen molar-refractivity contribution in [3.05, 3.63) is 46.5 Å². The average molecular weight is 349 g/mol. The molecule has 0 saturated heterocycles. The van der Waals surface area contributed by atoms with Gasteiger partial charge in [-0.15, -0.1) is 11.1 Å². The molecule has 0 aromatic heterocycles. The zero-order valence-corrected chi connectivity index (χ0v) is 18.3. The highest BCUT2D eigenvalue weighted by Crippen LogP contribution is 2.29. The molecule has 0 heterocycles. The second-order valence-corrected chi connectivity index (χ2v) is 18.0. The van der Waals surface area contributed by atoms with Crippen LogP contribution in [0.1, 0.15) is 22.3 Å². The molecule has 2 rings (SSSR count). The Kier molecular flexibility index (Phi) is 5.14. The Balaban J connectivity index is 2.87. The molecule has 24 heavy (non-hydrogen) atoms. The highest BCUT2D eigenvalue weighted by molar-refractivity contribution is 6.84. The minimum absolute atomic E-state index is 1.14. The molecule has 0 aliphatic heterocycles. The van der Waals surface area contributed by atoms with Crippen molar-refractivity contribution in [2.75, 3.05) is 0 Å². The minimum atomic E-state index is -1.43. The van der Waals surface area contributed by atoms with Gasteiger partial charge in [0.15, 0.2) is 0 Å². The Bertz CT molecular complexity index is 823. The highest BCUT2D eigenvalue weighted by Gasteiger charge is 2.15. The van der Waals surface area contributed by atoms with Gasteiger partial charge in [0, 0.05) is 11.1 Å². The summed E-state index contributed by atoms with van der Waals surface area (Å²) in [5.74, 6) is 7.03. The monoisotopic (exact) mass is 348 g/mol. The van der Waals surface area contributed by atoms with E-state index in [4.69, 9.17) is 0 Å². The first kappa shape index (κ1) is 18.6. The van der Waals surface area contributed by atoms with Crippen LogP contribution in [0.25, 0.3) is 10.8 Å². The third kappa shape index (κ3) is 4.41. The first-order valence-corrected chi connectivity index (χ1v) is 15.6. The van der Waals surface area contributed by atoms with E-state index < -0.39 is 16.1 Å². The van der Waals surface area contributed by atoms with Crippen LogP contribution in [0.15, 0.2) is 24.3 Å². The second kappa shape index (κ2) is 6.63. The van der Waals surface area contributed by atoms with E-state index in [1.54, 1.807) is 0 Å². The fraction of sp³-hybridized carbons (Fsp3) is 0.364. The summed E-state index contributed by atoms with van der Waals surface area (Å²) in [5.41, 5.74) is 11.9. The fourth-order valence-corrected chi connectivity index (χ4v) is 3.59. The van der Waals surface area contributed by atoms with Gasteiger partial charge in [0.2, 0.25) is 0 Å². The van der Waals surface area contributed by atoms with E-state index in [1.807, 2.05) is 0 Å². The Morgan fingerprint density at radius 2 is 0.958 bits per heavy atom. The van der Waals surface area contributed by atoms with Crippen LogP contribution in [-0.2, 0) is 0 Å². The molecule has 0 N–H and O–H groups in total. The van der Waals surface area contributed by atoms with Gasteiger partial charge in [-0.05, 0) is 35.7 Å². The molecule has 2 aromatic rings. The summed E-state index contributed by atoms with van der Waals surface area (Å²) < 4.78 is 0. The van der Waals surface area contributed by atoms with Crippen molar-refractivity contribution in [3.63, 3.8) is 0 Å². The van der Waals surface area contributed by atoms with Crippen LogP contribution in [0.2, 0.25) is 39.3 Å². The lowest BCUT2D eigenvalue weighted by Crippen LogP contribution is -2.17. The van der Waals surface area contributed by atoms with Crippen LogP contribution in [0.5, 0.6) is 0 Å². The molecule has 0 atom stereocenters. The topological polar surface area (TPSA) is 0 Å². The maximum atomic E-state index is 3.54. The van der Waals surface area contributed by atoms with Gasteiger partial charge in [-0.1, -0.05) is 75.4 Å². The van der Waals surface area contributed by atoms with Gasteiger partial charge in [0.05, 0.1) is 0 Å². The standard InChI is InChI=1S/C22H28Si2/c1-17-19-11-9-10-12-20(19)18(2)22(14-16-24(6,7)8)21(17)13-15-23(3,4)5/h9-12H,1-8H3. The van der Waals surface area contributed by atoms with Crippen molar-refractivity contribution >= 4 is 26.9 Å². The zero-order chi connectivity index (χ0) is 18.1. The zero-order valence-electron chi connectivity index (χ0n) is 16.3. The molecule has 0 amide bonds. The lowest BCUT2D eigenvalue weighted by atomic mass is 9.91. The summed E-state index contributed by atoms with van der Waals surface area (Å²) in [6, 6.07) is 8.62. The highest BCUT2D eigenvalue weighted by atomic mass is 28.3. The van der Waals surface area contributed by atoms with Crippen molar-refractivity contribution in [3.8, 4) is 22.9 Å². The number of aryl methyl sites for hydroxylation is 2. The molecule has 0 nitrogen and oxygen atoms in total. The predicted molar refractivity (Wildman–Crippen MR) is 114 cm³/mol. The largest absolute Gasteiger partial charge is 0.129 e. The minimum Gasteiger partial charge on any atom is -0.127 e. The third-order valence-electron chi connectivity index (χ3n) is 3.86. The van der Waals surface area contributed by atoms with E-state index in [1.165, 1.54) is 21.9 Å². The maximum absolute atomic E-state index is 3.54. The SMILES string of the molecule is Cc1c(C#C[Si](C)(C)C)c(C#C[Si](C)(C)C)c(C)c2ccccc12. The Labute approximate surface area is 149 Å². The summed E-state index contributed by atoms with van der Waals surface area (Å²) in [7, 11) is -2.86. The molecular formula is C22H28Si2. The number of hydrogen-bond donors (Lipinski definition) is 0. The quantitative estimate of drug-likeness (QED) is 0.410. The van der Waals surface area contributed by atoms with Crippen LogP contribution < -0.4 is 0 Å². The Morgan fingerprint density at radius 3 is 1.25 bits per heavy atom. The van der Waals surface area contributed by atoms with Crippen molar-refractivity contribution in [2.24, 2.45) is 0 Å². The number of benzene rings is 2. The molecule has 0 bridgehead atoms. The predicted octanol–water partition coefficient (Wildman–Crippen LogP) is 5.91. The molecule has 0 radical (unpaired) electrons. The van der Waals surface area contributed by atoms with Crippen LogP contribution in [0.4, 0.5) is 0 Å². The summed E-state index contributed by atoms with van der Waals surface area (Å²) >= 11 is 0. The number of rotatable bonds is 0. The summed E-state index contributed by atoms with van der Waals surface area (Å²) in [4.78, 5) is 0. The lowest BCUT2D eigenvalue weighted by Gasteiger charge is -2.14. The van der Waals surface area contributed by atoms with E-state index in [-0.39, 0.29) is 0 Å². The van der Waals surface area contributed by atoms with E-state index in [9.17, 15) is 0 Å². The van der Waals surface area contributed by atoms with Crippen LogP contribution in [-0.4, -0.2) is 16.1 Å². The van der Waals surface area contributed by atoms with Gasteiger partial charge < -0.3 is 0 Å². The van der Waals surface area contributed by atoms with Gasteiger partial charge in [-0.3, -0.25) is 0 Å². The molecule has 0 aliphatic carbocycles. The van der Waals surface area contributed by atoms with E-state index in [0.717, 1.165) is 11.1 Å². The van der Waals surface area contributed by atoms with Crippen molar-refractivity contribution in [1.82, 2.24) is 0 Å². The molecular weight excluding hydrogens is 320 g/mol. The summed E-state index contributed by atoms with van der Waals surface area (Å²) in [6.07, 6.45) is 0. The van der Waals surface area contributed by atoms with Gasteiger partial charge >= 0.3 is 0 Å². The molecule has 124 valence electrons. The Hall–Kier alpha value is -1.75. The normalized spacial score (nSPS) is 11.5. The Morgan fingerprint density at radius 1 is 0.625 bits per heavy atom. The maximum Gasteiger partial charge on any atom is 0.129 e. The van der Waals surface area contributed by atoms with Crippen LogP contribution >= 0.6 is 0 Å². The average Bonchev–Trinajstić information content (AvgIpc) is 2.46. The molecule has 0 unspecified atom stereocenters. The van der Waals surface area contributed by atoms with Gasteiger partial charge in [-0.2, -0.15) is 0 Å². The van der Waals surface area contributed by atoms with Gasteiger partial charge in [0.25, 0.3) is 0 Å². The lowest BCUT2D eigenvalue weighted by molar-refractivity contribution is 1.40. The summed E-state index contributed by atoms with van der Waals surface area (Å²) in [6.45, 7) is 18.1. The van der Waals surface area contributed by atoms with Crippen LogP contribution in [0, 0.1) is 36.8 Å². The molecule has 0 fully saturated rings. The molecule has 0 aliphatic rings. The first-order valence-electron chi connectivity index (χ1n) is 8.58. The van der Waals surface area contributed by atoms with Gasteiger partial charge in [0.1, 0.15) is 16.1 Å². The molecule has 0 spiro atoms. The summed E-state index contributed by atoms with van der Waals surface area (Å²) in [5, 5.41) is 2.60. The van der Waals surface area contributed by atoms with E-state index in [2.05, 4.69) is 100 Å². The van der Waals surface area contributed by atoms with Crippen LogP contribution in [0.3, 0.4) is 0 Å². The number of fused-ring (bicyclic) bond motifs is 1. The smallest absolute Gasteiger partial charge is 0.127 e. The van der Waals surface area contributed by atoms with Crippen molar-refractivity contribution in [2.45, 2.75) is 53.1 Å². The molecule has 0 saturated carbocycles. The van der Waals surface area contributed by atoms with E-state index in [0.29, 0.717) is 0 Å². The first-order chi connectivity index (χ1) is 11.0. The van der Waals surface area contributed by atoms with Crippen molar-refractivity contribution < 1.29 is 0 Å². The van der Waals surface area contributed by atoms with Crippen molar-refractivity contribution in [1.29, 1.82) is 0 Å².